The number of hydrogen-bond acceptors (Lipinski definition) is 2. The van der Waals surface area contributed by atoms with Crippen LogP contribution in [0.4, 0.5) is 13.2 Å². The van der Waals surface area contributed by atoms with Crippen molar-refractivity contribution in [1.82, 2.24) is 9.55 Å². The summed E-state index contributed by atoms with van der Waals surface area (Å²) in [5.41, 5.74) is 0.507. The molecule has 0 aromatic carbocycles. The molecule has 1 aromatic heterocycles. The van der Waals surface area contributed by atoms with Gasteiger partial charge in [-0.1, -0.05) is 0 Å². The molecule has 0 radical (unpaired) electrons. The van der Waals surface area contributed by atoms with Gasteiger partial charge in [0.15, 0.2) is 0 Å². The van der Waals surface area contributed by atoms with Crippen molar-refractivity contribution in [3.8, 4) is 0 Å². The zero-order chi connectivity index (χ0) is 11.5. The standard InChI is InChI=1S/C9H13F3N2O/c1-7(2)15-4-8-3-14(6-13-8)5-9(10,11)12/h3,6-7H,4-5H2,1-2H3. The fraction of sp³-hybridized carbons (Fsp3) is 0.667. The van der Waals surface area contributed by atoms with E-state index in [1.165, 1.54) is 6.20 Å². The van der Waals surface area contributed by atoms with Gasteiger partial charge in [-0.25, -0.2) is 4.98 Å². The van der Waals surface area contributed by atoms with Crippen LogP contribution in [-0.2, 0) is 17.9 Å². The monoisotopic (exact) mass is 222 g/mol. The van der Waals surface area contributed by atoms with Gasteiger partial charge in [0.05, 0.1) is 24.7 Å². The van der Waals surface area contributed by atoms with E-state index in [1.807, 2.05) is 13.8 Å². The van der Waals surface area contributed by atoms with Crippen LogP contribution in [0.2, 0.25) is 0 Å². The van der Waals surface area contributed by atoms with Gasteiger partial charge in [-0.15, -0.1) is 0 Å². The molecule has 6 heteroatoms. The molecule has 0 spiro atoms. The maximum absolute atomic E-state index is 12.0. The number of hydrogen-bond donors (Lipinski definition) is 0. The second-order valence-corrected chi connectivity index (χ2v) is 3.51. The molecule has 1 rings (SSSR count). The average Bonchev–Trinajstić information content (AvgIpc) is 2.45. The summed E-state index contributed by atoms with van der Waals surface area (Å²) >= 11 is 0. The molecule has 0 saturated carbocycles. The number of nitrogens with zero attached hydrogens (tertiary/aromatic N) is 2. The molecular weight excluding hydrogens is 209 g/mol. The zero-order valence-electron chi connectivity index (χ0n) is 8.58. The maximum Gasteiger partial charge on any atom is 0.406 e. The van der Waals surface area contributed by atoms with E-state index in [4.69, 9.17) is 4.74 Å². The molecule has 0 atom stereocenters. The van der Waals surface area contributed by atoms with Gasteiger partial charge < -0.3 is 9.30 Å². The van der Waals surface area contributed by atoms with Crippen LogP contribution in [-0.4, -0.2) is 21.8 Å². The highest BCUT2D eigenvalue weighted by atomic mass is 19.4. The van der Waals surface area contributed by atoms with E-state index < -0.39 is 12.7 Å². The van der Waals surface area contributed by atoms with Gasteiger partial charge in [-0.05, 0) is 13.8 Å². The van der Waals surface area contributed by atoms with Crippen molar-refractivity contribution in [3.63, 3.8) is 0 Å². The van der Waals surface area contributed by atoms with E-state index in [-0.39, 0.29) is 12.7 Å². The molecule has 0 amide bonds. The highest BCUT2D eigenvalue weighted by molar-refractivity contribution is 4.95. The molecule has 15 heavy (non-hydrogen) atoms. The molecule has 86 valence electrons. The molecule has 0 fully saturated rings. The first-order valence-corrected chi connectivity index (χ1v) is 4.56. The SMILES string of the molecule is CC(C)OCc1cn(CC(F)(F)F)cn1. The Bertz CT molecular complexity index is 307. The van der Waals surface area contributed by atoms with Crippen molar-refractivity contribution in [1.29, 1.82) is 0 Å². The van der Waals surface area contributed by atoms with E-state index in [0.29, 0.717) is 5.69 Å². The third-order valence-corrected chi connectivity index (χ3v) is 1.61. The summed E-state index contributed by atoms with van der Waals surface area (Å²) in [4.78, 5) is 3.81. The van der Waals surface area contributed by atoms with Crippen LogP contribution >= 0.6 is 0 Å². The molecule has 0 bridgehead atoms. The van der Waals surface area contributed by atoms with Crippen LogP contribution in [0, 0.1) is 0 Å². The smallest absolute Gasteiger partial charge is 0.372 e. The minimum atomic E-state index is -4.21. The van der Waals surface area contributed by atoms with E-state index >= 15 is 0 Å². The third-order valence-electron chi connectivity index (χ3n) is 1.61. The highest BCUT2D eigenvalue weighted by Crippen LogP contribution is 2.17. The first-order chi connectivity index (χ1) is 6.87. The summed E-state index contributed by atoms with van der Waals surface area (Å²) < 4.78 is 42.2. The molecule has 0 aliphatic carbocycles. The lowest BCUT2D eigenvalue weighted by Gasteiger charge is -2.06. The van der Waals surface area contributed by atoms with E-state index in [1.54, 1.807) is 0 Å². The average molecular weight is 222 g/mol. The maximum atomic E-state index is 12.0. The molecule has 0 aliphatic heterocycles. The normalized spacial score (nSPS) is 12.4. The van der Waals surface area contributed by atoms with Gasteiger partial charge in [0, 0.05) is 6.20 Å². The van der Waals surface area contributed by atoms with Crippen molar-refractivity contribution in [2.75, 3.05) is 0 Å². The lowest BCUT2D eigenvalue weighted by atomic mass is 10.4. The van der Waals surface area contributed by atoms with Crippen LogP contribution in [0.5, 0.6) is 0 Å². The van der Waals surface area contributed by atoms with Gasteiger partial charge in [0.1, 0.15) is 6.54 Å². The lowest BCUT2D eigenvalue weighted by molar-refractivity contribution is -0.140. The Morgan fingerprint density at radius 2 is 2.13 bits per heavy atom. The molecule has 0 aliphatic rings. The fourth-order valence-corrected chi connectivity index (χ4v) is 1.03. The first kappa shape index (κ1) is 12.0. The highest BCUT2D eigenvalue weighted by Gasteiger charge is 2.27. The number of ether oxygens (including phenoxy) is 1. The summed E-state index contributed by atoms with van der Waals surface area (Å²) in [5.74, 6) is 0. The van der Waals surface area contributed by atoms with Crippen molar-refractivity contribution in [3.05, 3.63) is 18.2 Å². The van der Waals surface area contributed by atoms with Crippen molar-refractivity contribution in [2.45, 2.75) is 39.3 Å². The van der Waals surface area contributed by atoms with Gasteiger partial charge in [0.25, 0.3) is 0 Å². The van der Waals surface area contributed by atoms with Gasteiger partial charge in [0.2, 0.25) is 0 Å². The van der Waals surface area contributed by atoms with Crippen LogP contribution in [0.25, 0.3) is 0 Å². The van der Waals surface area contributed by atoms with E-state index in [9.17, 15) is 13.2 Å². The number of imidazole rings is 1. The first-order valence-electron chi connectivity index (χ1n) is 4.56. The van der Waals surface area contributed by atoms with Gasteiger partial charge in [-0.3, -0.25) is 0 Å². The molecule has 0 unspecified atom stereocenters. The summed E-state index contributed by atoms with van der Waals surface area (Å²) in [6, 6.07) is 0. The topological polar surface area (TPSA) is 27.1 Å². The van der Waals surface area contributed by atoms with Crippen LogP contribution in [0.15, 0.2) is 12.5 Å². The van der Waals surface area contributed by atoms with Crippen molar-refractivity contribution >= 4 is 0 Å². The summed E-state index contributed by atoms with van der Waals surface area (Å²) in [7, 11) is 0. The number of alkyl halides is 3. The summed E-state index contributed by atoms with van der Waals surface area (Å²) in [5, 5.41) is 0. The minimum Gasteiger partial charge on any atom is -0.372 e. The molecular formula is C9H13F3N2O. The van der Waals surface area contributed by atoms with Gasteiger partial charge >= 0.3 is 6.18 Å². The molecule has 0 saturated heterocycles. The molecule has 3 nitrogen and oxygen atoms in total. The Balaban J connectivity index is 2.49. The Morgan fingerprint density at radius 1 is 1.47 bits per heavy atom. The lowest BCUT2D eigenvalue weighted by Crippen LogP contribution is -2.16. The zero-order valence-corrected chi connectivity index (χ0v) is 8.58. The van der Waals surface area contributed by atoms with Crippen molar-refractivity contribution < 1.29 is 17.9 Å². The molecule has 0 N–H and O–H groups in total. The van der Waals surface area contributed by atoms with Crippen LogP contribution in [0.3, 0.4) is 0 Å². The largest absolute Gasteiger partial charge is 0.406 e. The second-order valence-electron chi connectivity index (χ2n) is 3.51. The summed E-state index contributed by atoms with van der Waals surface area (Å²) in [6.45, 7) is 2.93. The van der Waals surface area contributed by atoms with Crippen LogP contribution < -0.4 is 0 Å². The van der Waals surface area contributed by atoms with Crippen LogP contribution in [0.1, 0.15) is 19.5 Å². The third kappa shape index (κ3) is 4.83. The van der Waals surface area contributed by atoms with Gasteiger partial charge in [-0.2, -0.15) is 13.2 Å². The minimum absolute atomic E-state index is 0.0396. The Hall–Kier alpha value is -1.04. The molecule has 1 aromatic rings. The molecule has 1 heterocycles. The second kappa shape index (κ2) is 4.65. The Kier molecular flexibility index (Phi) is 3.73. The quantitative estimate of drug-likeness (QED) is 0.782. The van der Waals surface area contributed by atoms with Crippen molar-refractivity contribution in [2.24, 2.45) is 0 Å². The van der Waals surface area contributed by atoms with E-state index in [0.717, 1.165) is 10.9 Å². The Labute approximate surface area is 85.9 Å². The fourth-order valence-electron chi connectivity index (χ4n) is 1.03. The predicted octanol–water partition coefficient (Wildman–Crippen LogP) is 2.37. The van der Waals surface area contributed by atoms with E-state index in [2.05, 4.69) is 4.98 Å². The number of aromatic nitrogens is 2. The number of rotatable bonds is 4. The Morgan fingerprint density at radius 3 is 2.67 bits per heavy atom. The predicted molar refractivity (Wildman–Crippen MR) is 48.2 cm³/mol. The number of halogens is 3. The summed E-state index contributed by atoms with van der Waals surface area (Å²) in [6.07, 6.45) is -1.67.